The molecule has 0 spiro atoms. The summed E-state index contributed by atoms with van der Waals surface area (Å²) in [7, 11) is 0. The van der Waals surface area contributed by atoms with E-state index in [1.807, 2.05) is 6.07 Å². The summed E-state index contributed by atoms with van der Waals surface area (Å²) in [6, 6.07) is 4.17. The van der Waals surface area contributed by atoms with Crippen molar-refractivity contribution in [1.29, 1.82) is 0 Å². The van der Waals surface area contributed by atoms with Crippen molar-refractivity contribution in [1.82, 2.24) is 0 Å². The van der Waals surface area contributed by atoms with Gasteiger partial charge < -0.3 is 0 Å². The van der Waals surface area contributed by atoms with Crippen LogP contribution in [0.2, 0.25) is 5.02 Å². The fourth-order valence-corrected chi connectivity index (χ4v) is 2.47. The van der Waals surface area contributed by atoms with Gasteiger partial charge in [-0.15, -0.1) is 0 Å². The Bertz CT molecular complexity index is 324. The summed E-state index contributed by atoms with van der Waals surface area (Å²) in [4.78, 5) is 0. The van der Waals surface area contributed by atoms with Gasteiger partial charge in [0.15, 0.2) is 0 Å². The molecule has 0 heterocycles. The molecule has 0 saturated carbocycles. The van der Waals surface area contributed by atoms with Crippen molar-refractivity contribution < 1.29 is 0 Å². The molecule has 1 aromatic rings. The minimum Gasteiger partial charge on any atom is -0.0840 e. The predicted octanol–water partition coefficient (Wildman–Crippen LogP) is 4.90. The third kappa shape index (κ3) is 2.12. The van der Waals surface area contributed by atoms with E-state index in [-0.39, 0.29) is 0 Å². The van der Waals surface area contributed by atoms with Gasteiger partial charge in [0.25, 0.3) is 0 Å². The summed E-state index contributed by atoms with van der Waals surface area (Å²) in [5.41, 5.74) is 4.08. The molecule has 0 aliphatic heterocycles. The van der Waals surface area contributed by atoms with Crippen molar-refractivity contribution in [3.8, 4) is 0 Å². The molecular formula is C13H19Cl. The predicted molar refractivity (Wildman–Crippen MR) is 64.4 cm³/mol. The second-order valence-electron chi connectivity index (χ2n) is 4.48. The van der Waals surface area contributed by atoms with Gasteiger partial charge in [0.05, 0.1) is 0 Å². The topological polar surface area (TPSA) is 0 Å². The highest BCUT2D eigenvalue weighted by molar-refractivity contribution is 6.31. The Balaban J connectivity index is 3.34. The molecule has 0 unspecified atom stereocenters. The summed E-state index contributed by atoms with van der Waals surface area (Å²) >= 11 is 6.20. The molecule has 0 bridgehead atoms. The van der Waals surface area contributed by atoms with Crippen LogP contribution in [0.15, 0.2) is 12.1 Å². The molecule has 0 fully saturated rings. The Labute approximate surface area is 92.3 Å². The number of halogens is 1. The van der Waals surface area contributed by atoms with E-state index in [2.05, 4.69) is 40.7 Å². The number of rotatable bonds is 2. The van der Waals surface area contributed by atoms with E-state index in [0.29, 0.717) is 11.8 Å². The van der Waals surface area contributed by atoms with E-state index in [4.69, 9.17) is 11.6 Å². The zero-order valence-electron chi connectivity index (χ0n) is 9.69. The number of hydrogen-bond acceptors (Lipinski definition) is 0. The second-order valence-corrected chi connectivity index (χ2v) is 4.89. The third-order valence-electron chi connectivity index (χ3n) is 2.70. The van der Waals surface area contributed by atoms with Crippen molar-refractivity contribution in [2.75, 3.05) is 0 Å². The normalized spacial score (nSPS) is 11.4. The van der Waals surface area contributed by atoms with Crippen molar-refractivity contribution in [2.45, 2.75) is 46.5 Å². The minimum absolute atomic E-state index is 0.501. The Morgan fingerprint density at radius 3 is 2.00 bits per heavy atom. The molecule has 1 aromatic carbocycles. The Morgan fingerprint density at radius 1 is 1.00 bits per heavy atom. The molecule has 0 aliphatic rings. The van der Waals surface area contributed by atoms with Gasteiger partial charge in [-0.3, -0.25) is 0 Å². The highest BCUT2D eigenvalue weighted by atomic mass is 35.5. The molecule has 1 heteroatoms. The van der Waals surface area contributed by atoms with E-state index >= 15 is 0 Å². The van der Waals surface area contributed by atoms with Gasteiger partial charge in [-0.2, -0.15) is 0 Å². The van der Waals surface area contributed by atoms with Crippen LogP contribution in [0.4, 0.5) is 0 Å². The van der Waals surface area contributed by atoms with E-state index in [0.717, 1.165) is 5.02 Å². The smallest absolute Gasteiger partial charge is 0.0443 e. The molecule has 0 amide bonds. The maximum atomic E-state index is 6.20. The first-order valence-electron chi connectivity index (χ1n) is 5.24. The van der Waals surface area contributed by atoms with E-state index in [1.165, 1.54) is 16.7 Å². The molecular weight excluding hydrogens is 192 g/mol. The second kappa shape index (κ2) is 4.35. The molecule has 0 N–H and O–H groups in total. The van der Waals surface area contributed by atoms with Crippen LogP contribution in [0.1, 0.15) is 56.2 Å². The fraction of sp³-hybridized carbons (Fsp3) is 0.538. The van der Waals surface area contributed by atoms with Gasteiger partial charge in [0, 0.05) is 5.02 Å². The van der Waals surface area contributed by atoms with Crippen LogP contribution in [0.25, 0.3) is 0 Å². The highest BCUT2D eigenvalue weighted by Gasteiger charge is 2.13. The van der Waals surface area contributed by atoms with Gasteiger partial charge in [-0.05, 0) is 41.5 Å². The van der Waals surface area contributed by atoms with Gasteiger partial charge in [-0.1, -0.05) is 45.4 Å². The molecule has 14 heavy (non-hydrogen) atoms. The quantitative estimate of drug-likeness (QED) is 0.652. The summed E-state index contributed by atoms with van der Waals surface area (Å²) in [6.45, 7) is 11.0. The van der Waals surface area contributed by atoms with Crippen LogP contribution in [0, 0.1) is 6.92 Å². The van der Waals surface area contributed by atoms with Gasteiger partial charge in [0.2, 0.25) is 0 Å². The van der Waals surface area contributed by atoms with Crippen molar-refractivity contribution >= 4 is 11.6 Å². The molecule has 78 valence electrons. The minimum atomic E-state index is 0.501. The lowest BCUT2D eigenvalue weighted by Gasteiger charge is -2.18. The first kappa shape index (κ1) is 11.6. The molecule has 0 aliphatic carbocycles. The van der Waals surface area contributed by atoms with Crippen LogP contribution in [-0.4, -0.2) is 0 Å². The first-order valence-corrected chi connectivity index (χ1v) is 5.61. The van der Waals surface area contributed by atoms with Crippen molar-refractivity contribution in [3.63, 3.8) is 0 Å². The van der Waals surface area contributed by atoms with Crippen LogP contribution in [0.5, 0.6) is 0 Å². The Hall–Kier alpha value is -0.490. The largest absolute Gasteiger partial charge is 0.0840 e. The summed E-state index contributed by atoms with van der Waals surface area (Å²) in [6.07, 6.45) is 0. The van der Waals surface area contributed by atoms with Crippen molar-refractivity contribution in [3.05, 3.63) is 33.8 Å². The lowest BCUT2D eigenvalue weighted by Crippen LogP contribution is -2.00. The average Bonchev–Trinajstić information content (AvgIpc) is 2.02. The SMILES string of the molecule is Cc1c(C(C)C)ccc(Cl)c1C(C)C. The average molecular weight is 211 g/mol. The standard InChI is InChI=1S/C13H19Cl/c1-8(2)11-6-7-12(14)13(9(3)4)10(11)5/h6-9H,1-5H3. The van der Waals surface area contributed by atoms with E-state index < -0.39 is 0 Å². The Kier molecular flexibility index (Phi) is 3.60. The van der Waals surface area contributed by atoms with Crippen LogP contribution >= 0.6 is 11.6 Å². The van der Waals surface area contributed by atoms with Gasteiger partial charge in [-0.25, -0.2) is 0 Å². The molecule has 0 aromatic heterocycles. The zero-order chi connectivity index (χ0) is 10.9. The molecule has 0 atom stereocenters. The monoisotopic (exact) mass is 210 g/mol. The lowest BCUT2D eigenvalue weighted by atomic mass is 9.90. The van der Waals surface area contributed by atoms with E-state index in [9.17, 15) is 0 Å². The fourth-order valence-electron chi connectivity index (χ4n) is 2.05. The highest BCUT2D eigenvalue weighted by Crippen LogP contribution is 2.32. The Morgan fingerprint density at radius 2 is 1.57 bits per heavy atom. The number of hydrogen-bond donors (Lipinski definition) is 0. The van der Waals surface area contributed by atoms with Gasteiger partial charge in [0.1, 0.15) is 0 Å². The first-order chi connectivity index (χ1) is 6.45. The maximum absolute atomic E-state index is 6.20. The van der Waals surface area contributed by atoms with E-state index in [1.54, 1.807) is 0 Å². The van der Waals surface area contributed by atoms with Crippen molar-refractivity contribution in [2.24, 2.45) is 0 Å². The summed E-state index contributed by atoms with van der Waals surface area (Å²) in [5, 5.41) is 0.905. The third-order valence-corrected chi connectivity index (χ3v) is 3.03. The molecule has 0 nitrogen and oxygen atoms in total. The summed E-state index contributed by atoms with van der Waals surface area (Å²) < 4.78 is 0. The zero-order valence-corrected chi connectivity index (χ0v) is 10.4. The lowest BCUT2D eigenvalue weighted by molar-refractivity contribution is 0.817. The molecule has 1 rings (SSSR count). The molecule has 0 saturated heterocycles. The molecule has 0 radical (unpaired) electrons. The van der Waals surface area contributed by atoms with Crippen LogP contribution in [-0.2, 0) is 0 Å². The van der Waals surface area contributed by atoms with Gasteiger partial charge >= 0.3 is 0 Å². The summed E-state index contributed by atoms with van der Waals surface area (Å²) in [5.74, 6) is 1.07. The number of benzene rings is 1. The van der Waals surface area contributed by atoms with Crippen LogP contribution < -0.4 is 0 Å². The van der Waals surface area contributed by atoms with Crippen LogP contribution in [0.3, 0.4) is 0 Å². The maximum Gasteiger partial charge on any atom is 0.0443 e.